The third kappa shape index (κ3) is 4.94. The van der Waals surface area contributed by atoms with E-state index < -0.39 is 17.3 Å². The van der Waals surface area contributed by atoms with Crippen molar-refractivity contribution in [2.24, 2.45) is 0 Å². The summed E-state index contributed by atoms with van der Waals surface area (Å²) in [5, 5.41) is 20.3. The summed E-state index contributed by atoms with van der Waals surface area (Å²) in [5.41, 5.74) is -1.23. The predicted molar refractivity (Wildman–Crippen MR) is 93.5 cm³/mol. The predicted octanol–water partition coefficient (Wildman–Crippen LogP) is 2.11. The van der Waals surface area contributed by atoms with E-state index in [2.05, 4.69) is 32.4 Å². The van der Waals surface area contributed by atoms with Gasteiger partial charge in [0.25, 0.3) is 0 Å². The molecule has 1 fully saturated rings. The highest BCUT2D eigenvalue weighted by atomic mass is 35.5. The van der Waals surface area contributed by atoms with E-state index in [4.69, 9.17) is 5.26 Å². The molecule has 0 N–H and O–H groups in total. The van der Waals surface area contributed by atoms with Crippen molar-refractivity contribution < 1.29 is 13.2 Å². The highest BCUT2D eigenvalue weighted by Gasteiger charge is 2.34. The first-order valence-corrected chi connectivity index (χ1v) is 8.18. The van der Waals surface area contributed by atoms with E-state index in [0.717, 1.165) is 44.7 Å². The Bertz CT molecular complexity index is 815. The van der Waals surface area contributed by atoms with Crippen molar-refractivity contribution in [3.63, 3.8) is 0 Å². The zero-order chi connectivity index (χ0) is 18.7. The van der Waals surface area contributed by atoms with Gasteiger partial charge in [-0.3, -0.25) is 4.90 Å². The Morgan fingerprint density at radius 3 is 2.67 bits per heavy atom. The zero-order valence-corrected chi connectivity index (χ0v) is 15.5. The molecule has 0 unspecified atom stereocenters. The van der Waals surface area contributed by atoms with Crippen molar-refractivity contribution in [2.45, 2.75) is 19.1 Å². The number of nitriles is 1. The average molecular weight is 402 g/mol. The second-order valence-corrected chi connectivity index (χ2v) is 6.28. The van der Waals surface area contributed by atoms with Crippen molar-refractivity contribution in [3.05, 3.63) is 35.2 Å². The van der Waals surface area contributed by atoms with Crippen LogP contribution in [0.2, 0.25) is 0 Å². The van der Waals surface area contributed by atoms with E-state index in [-0.39, 0.29) is 18.1 Å². The molecule has 0 saturated carbocycles. The Hall–Kier alpha value is -2.22. The van der Waals surface area contributed by atoms with Crippen LogP contribution in [-0.2, 0) is 12.7 Å². The standard InChI is InChI=1S/C16H18F3N7.ClH/c1-24-5-2-6-25(8-7-24)11-15-21-22-23-26(15)13-4-3-12(10-20)14(9-13)16(17,18)19;/h3-4,9H,2,5-8,11H2,1H3;1H. The van der Waals surface area contributed by atoms with Crippen molar-refractivity contribution in [3.8, 4) is 11.8 Å². The van der Waals surface area contributed by atoms with E-state index >= 15 is 0 Å². The molecule has 0 aliphatic carbocycles. The van der Waals surface area contributed by atoms with Crippen molar-refractivity contribution in [1.29, 1.82) is 5.26 Å². The highest BCUT2D eigenvalue weighted by Crippen LogP contribution is 2.33. The van der Waals surface area contributed by atoms with Gasteiger partial charge >= 0.3 is 6.18 Å². The lowest BCUT2D eigenvalue weighted by molar-refractivity contribution is -0.137. The summed E-state index contributed by atoms with van der Waals surface area (Å²) in [7, 11) is 2.06. The highest BCUT2D eigenvalue weighted by molar-refractivity contribution is 5.85. The normalized spacial score (nSPS) is 16.4. The SMILES string of the molecule is CN1CCCN(Cc2nnnn2-c2ccc(C#N)c(C(F)(F)F)c2)CC1.Cl. The molecule has 1 aliphatic heterocycles. The van der Waals surface area contributed by atoms with Gasteiger partial charge in [0.15, 0.2) is 5.82 Å². The summed E-state index contributed by atoms with van der Waals surface area (Å²) in [4.78, 5) is 4.42. The Morgan fingerprint density at radius 2 is 1.96 bits per heavy atom. The maximum Gasteiger partial charge on any atom is 0.417 e. The summed E-state index contributed by atoms with van der Waals surface area (Å²) < 4.78 is 40.9. The molecule has 2 aromatic rings. The minimum Gasteiger partial charge on any atom is -0.305 e. The second kappa shape index (κ2) is 8.65. The van der Waals surface area contributed by atoms with Crippen LogP contribution in [0.25, 0.3) is 5.69 Å². The molecule has 1 aliphatic rings. The minimum atomic E-state index is -4.62. The third-order valence-corrected chi connectivity index (χ3v) is 4.38. The molecule has 146 valence electrons. The lowest BCUT2D eigenvalue weighted by Crippen LogP contribution is -2.29. The molecule has 0 atom stereocenters. The van der Waals surface area contributed by atoms with Crippen LogP contribution >= 0.6 is 12.4 Å². The Labute approximate surface area is 160 Å². The topological polar surface area (TPSA) is 73.9 Å². The van der Waals surface area contributed by atoms with Crippen LogP contribution in [0.4, 0.5) is 13.2 Å². The van der Waals surface area contributed by atoms with Gasteiger partial charge < -0.3 is 4.90 Å². The number of tetrazole rings is 1. The number of nitrogens with zero attached hydrogens (tertiary/aromatic N) is 7. The van der Waals surface area contributed by atoms with Gasteiger partial charge in [-0.15, -0.1) is 17.5 Å². The molecule has 7 nitrogen and oxygen atoms in total. The summed E-state index contributed by atoms with van der Waals surface area (Å²) >= 11 is 0. The maximum absolute atomic E-state index is 13.2. The fourth-order valence-corrected chi connectivity index (χ4v) is 2.96. The van der Waals surface area contributed by atoms with E-state index in [0.29, 0.717) is 12.4 Å². The Morgan fingerprint density at radius 1 is 1.19 bits per heavy atom. The average Bonchev–Trinajstić information content (AvgIpc) is 2.96. The maximum atomic E-state index is 13.2. The molecule has 3 rings (SSSR count). The van der Waals surface area contributed by atoms with Gasteiger partial charge in [0, 0.05) is 13.1 Å². The molecule has 1 aromatic carbocycles. The molecule has 0 spiro atoms. The number of likely N-dealkylation sites (N-methyl/N-ethyl adjacent to an activating group) is 1. The Balaban J connectivity index is 0.00000261. The lowest BCUT2D eigenvalue weighted by atomic mass is 10.1. The van der Waals surface area contributed by atoms with Crippen LogP contribution in [0.5, 0.6) is 0 Å². The molecule has 0 amide bonds. The van der Waals surface area contributed by atoms with Crippen molar-refractivity contribution >= 4 is 12.4 Å². The number of hydrogen-bond acceptors (Lipinski definition) is 6. The van der Waals surface area contributed by atoms with Gasteiger partial charge in [-0.05, 0) is 55.2 Å². The van der Waals surface area contributed by atoms with Gasteiger partial charge in [-0.1, -0.05) is 0 Å². The molecule has 1 aromatic heterocycles. The molecule has 0 radical (unpaired) electrons. The van der Waals surface area contributed by atoms with Crippen molar-refractivity contribution in [1.82, 2.24) is 30.0 Å². The largest absolute Gasteiger partial charge is 0.417 e. The summed E-state index contributed by atoms with van der Waals surface area (Å²) in [6.45, 7) is 4.08. The van der Waals surface area contributed by atoms with Gasteiger partial charge in [0.05, 0.1) is 29.4 Å². The van der Waals surface area contributed by atoms with Crippen LogP contribution in [0.3, 0.4) is 0 Å². The first-order valence-electron chi connectivity index (χ1n) is 8.18. The zero-order valence-electron chi connectivity index (χ0n) is 14.6. The number of hydrogen-bond donors (Lipinski definition) is 0. The molecule has 27 heavy (non-hydrogen) atoms. The van der Waals surface area contributed by atoms with E-state index in [9.17, 15) is 13.2 Å². The molecular formula is C16H19ClF3N7. The van der Waals surface area contributed by atoms with E-state index in [1.807, 2.05) is 0 Å². The molecule has 11 heteroatoms. The fourth-order valence-electron chi connectivity index (χ4n) is 2.96. The van der Waals surface area contributed by atoms with Crippen LogP contribution in [0, 0.1) is 11.3 Å². The third-order valence-electron chi connectivity index (χ3n) is 4.38. The number of alkyl halides is 3. The number of halogens is 4. The Kier molecular flexibility index (Phi) is 6.75. The molecule has 2 heterocycles. The number of rotatable bonds is 3. The van der Waals surface area contributed by atoms with E-state index in [1.165, 1.54) is 10.7 Å². The first-order chi connectivity index (χ1) is 12.4. The van der Waals surface area contributed by atoms with Gasteiger partial charge in [-0.25, -0.2) is 0 Å². The monoisotopic (exact) mass is 401 g/mol. The van der Waals surface area contributed by atoms with Crippen LogP contribution in [0.1, 0.15) is 23.4 Å². The van der Waals surface area contributed by atoms with Gasteiger partial charge in [0.2, 0.25) is 0 Å². The van der Waals surface area contributed by atoms with Crippen LogP contribution in [0.15, 0.2) is 18.2 Å². The van der Waals surface area contributed by atoms with Gasteiger partial charge in [0.1, 0.15) is 0 Å². The van der Waals surface area contributed by atoms with E-state index in [1.54, 1.807) is 6.07 Å². The van der Waals surface area contributed by atoms with Crippen molar-refractivity contribution in [2.75, 3.05) is 33.2 Å². The van der Waals surface area contributed by atoms with Crippen LogP contribution in [-0.4, -0.2) is 63.2 Å². The quantitative estimate of drug-likeness (QED) is 0.784. The molecule has 1 saturated heterocycles. The second-order valence-electron chi connectivity index (χ2n) is 6.28. The smallest absolute Gasteiger partial charge is 0.305 e. The number of aromatic nitrogens is 4. The van der Waals surface area contributed by atoms with Gasteiger partial charge in [-0.2, -0.15) is 23.1 Å². The summed E-state index contributed by atoms with van der Waals surface area (Å²) in [5.74, 6) is 0.465. The summed E-state index contributed by atoms with van der Waals surface area (Å²) in [6.07, 6.45) is -3.61. The lowest BCUT2D eigenvalue weighted by Gasteiger charge is -2.19. The fraction of sp³-hybridized carbons (Fsp3) is 0.500. The molecular weight excluding hydrogens is 383 g/mol. The van der Waals surface area contributed by atoms with Crippen LogP contribution < -0.4 is 0 Å². The first kappa shape index (κ1) is 21.1. The molecule has 0 bridgehead atoms. The summed E-state index contributed by atoms with van der Waals surface area (Å²) in [6, 6.07) is 5.05. The minimum absolute atomic E-state index is 0. The number of benzene rings is 1.